The molecule has 17 heavy (non-hydrogen) atoms. The van der Waals surface area contributed by atoms with Gasteiger partial charge in [-0.3, -0.25) is 19.7 Å². The minimum atomic E-state index is -1.04. The predicted molar refractivity (Wildman–Crippen MR) is 58.8 cm³/mol. The molecule has 0 aromatic heterocycles. The number of carbonyl (C=O) groups excluding carboxylic acids is 3. The molecule has 1 aliphatic rings. The van der Waals surface area contributed by atoms with Crippen LogP contribution in [0.15, 0.2) is 0 Å². The largest absolute Gasteiger partial charge is 0.370 e. The van der Waals surface area contributed by atoms with Crippen molar-refractivity contribution in [3.05, 3.63) is 0 Å². The molecule has 0 spiro atoms. The maximum atomic E-state index is 11.8. The van der Waals surface area contributed by atoms with Crippen LogP contribution in [-0.4, -0.2) is 54.5 Å². The van der Waals surface area contributed by atoms with Gasteiger partial charge in [-0.15, -0.1) is 0 Å². The lowest BCUT2D eigenvalue weighted by Crippen LogP contribution is -2.66. The Balaban J connectivity index is 2.69. The maximum Gasteiger partial charge on any atom is 0.252 e. The van der Waals surface area contributed by atoms with Crippen molar-refractivity contribution in [2.24, 2.45) is 5.73 Å². The third-order valence-electron chi connectivity index (χ3n) is 2.57. The molecule has 0 saturated carbocycles. The zero-order valence-electron chi connectivity index (χ0n) is 9.99. The van der Waals surface area contributed by atoms with Crippen molar-refractivity contribution in [1.29, 1.82) is 0 Å². The number of nitrogens with two attached hydrogens (primary N) is 1. The van der Waals surface area contributed by atoms with Crippen molar-refractivity contribution >= 4 is 17.7 Å². The first kappa shape index (κ1) is 13.6. The number of ether oxygens (including phenoxy) is 1. The fourth-order valence-corrected chi connectivity index (χ4v) is 1.50. The van der Waals surface area contributed by atoms with E-state index in [0.29, 0.717) is 6.54 Å². The molecule has 1 aliphatic heterocycles. The Labute approximate surface area is 99.3 Å². The molecule has 1 heterocycles. The Morgan fingerprint density at radius 2 is 2.18 bits per heavy atom. The summed E-state index contributed by atoms with van der Waals surface area (Å²) in [5.41, 5.74) is 4.18. The van der Waals surface area contributed by atoms with Gasteiger partial charge in [0, 0.05) is 6.54 Å². The van der Waals surface area contributed by atoms with Crippen LogP contribution < -0.4 is 11.1 Å². The van der Waals surface area contributed by atoms with Crippen LogP contribution in [0.5, 0.6) is 0 Å². The highest BCUT2D eigenvalue weighted by Crippen LogP contribution is 2.18. The fourth-order valence-electron chi connectivity index (χ4n) is 1.50. The number of hydrogen-bond acceptors (Lipinski definition) is 5. The summed E-state index contributed by atoms with van der Waals surface area (Å²) >= 11 is 0. The number of imide groups is 1. The van der Waals surface area contributed by atoms with Gasteiger partial charge in [0.15, 0.2) is 0 Å². The van der Waals surface area contributed by atoms with E-state index in [4.69, 9.17) is 10.5 Å². The predicted octanol–water partition coefficient (Wildman–Crippen LogP) is -1.77. The Bertz CT molecular complexity index is 340. The van der Waals surface area contributed by atoms with Crippen LogP contribution in [0.3, 0.4) is 0 Å². The first-order chi connectivity index (χ1) is 7.89. The van der Waals surface area contributed by atoms with Crippen molar-refractivity contribution < 1.29 is 19.1 Å². The topological polar surface area (TPSA) is 102 Å². The molecule has 0 unspecified atom stereocenters. The van der Waals surface area contributed by atoms with Crippen LogP contribution in [0.25, 0.3) is 0 Å². The van der Waals surface area contributed by atoms with Crippen LogP contribution in [0.1, 0.15) is 13.8 Å². The van der Waals surface area contributed by atoms with Crippen molar-refractivity contribution in [3.8, 4) is 0 Å². The van der Waals surface area contributed by atoms with E-state index in [1.165, 1.54) is 4.90 Å². The lowest BCUT2D eigenvalue weighted by Gasteiger charge is -2.40. The van der Waals surface area contributed by atoms with Crippen molar-refractivity contribution in [2.75, 3.05) is 26.3 Å². The highest BCUT2D eigenvalue weighted by molar-refractivity contribution is 6.06. The Hall–Kier alpha value is -1.47. The summed E-state index contributed by atoms with van der Waals surface area (Å²) in [6, 6.07) is 0. The lowest BCUT2D eigenvalue weighted by atomic mass is 9.99. The van der Waals surface area contributed by atoms with Gasteiger partial charge in [0.25, 0.3) is 5.91 Å². The van der Waals surface area contributed by atoms with Crippen LogP contribution in [0, 0.1) is 0 Å². The number of rotatable bonds is 4. The molecule has 0 atom stereocenters. The Kier molecular flexibility index (Phi) is 4.19. The molecule has 1 fully saturated rings. The fraction of sp³-hybridized carbons (Fsp3) is 0.700. The quantitative estimate of drug-likeness (QED) is 0.449. The van der Waals surface area contributed by atoms with Crippen LogP contribution >= 0.6 is 0 Å². The van der Waals surface area contributed by atoms with Crippen LogP contribution in [-0.2, 0) is 19.1 Å². The summed E-state index contributed by atoms with van der Waals surface area (Å²) in [6.07, 6.45) is 0. The third kappa shape index (κ3) is 3.01. The van der Waals surface area contributed by atoms with Gasteiger partial charge in [-0.05, 0) is 13.8 Å². The monoisotopic (exact) mass is 243 g/mol. The molecule has 7 heteroatoms. The molecule has 0 bridgehead atoms. The maximum absolute atomic E-state index is 11.8. The number of piperazine rings is 1. The molecule has 0 radical (unpaired) electrons. The zero-order chi connectivity index (χ0) is 13.1. The highest BCUT2D eigenvalue weighted by atomic mass is 16.5. The van der Waals surface area contributed by atoms with Gasteiger partial charge in [-0.2, -0.15) is 0 Å². The molecule has 1 saturated heterocycles. The van der Waals surface area contributed by atoms with E-state index < -0.39 is 23.3 Å². The zero-order valence-corrected chi connectivity index (χ0v) is 9.99. The molecule has 1 rings (SSSR count). The molecule has 0 aromatic carbocycles. The molecule has 0 aliphatic carbocycles. The van der Waals surface area contributed by atoms with E-state index in [0.717, 1.165) is 0 Å². The standard InChI is InChI=1S/C10H17N3O4/c1-10(2)9(16)12-7(14)5-13(10)8(15)6-17-4-3-11/h3-6,11H2,1-2H3,(H,12,14,16). The van der Waals surface area contributed by atoms with E-state index >= 15 is 0 Å². The van der Waals surface area contributed by atoms with Gasteiger partial charge in [0.2, 0.25) is 11.8 Å². The molecule has 3 amide bonds. The molecule has 7 nitrogen and oxygen atoms in total. The van der Waals surface area contributed by atoms with Gasteiger partial charge < -0.3 is 15.4 Å². The molecular weight excluding hydrogens is 226 g/mol. The number of hydrogen-bond donors (Lipinski definition) is 2. The second-order valence-corrected chi connectivity index (χ2v) is 4.26. The summed E-state index contributed by atoms with van der Waals surface area (Å²) in [5.74, 6) is -1.37. The van der Waals surface area contributed by atoms with Gasteiger partial charge in [0.05, 0.1) is 6.61 Å². The molecular formula is C10H17N3O4. The minimum absolute atomic E-state index is 0.135. The molecule has 3 N–H and O–H groups in total. The third-order valence-corrected chi connectivity index (χ3v) is 2.57. The SMILES string of the molecule is CC1(C)C(=O)NC(=O)CN1C(=O)COCCN. The van der Waals surface area contributed by atoms with Crippen molar-refractivity contribution in [3.63, 3.8) is 0 Å². The Morgan fingerprint density at radius 3 is 2.76 bits per heavy atom. The average Bonchev–Trinajstić information content (AvgIpc) is 2.24. The average molecular weight is 243 g/mol. The highest BCUT2D eigenvalue weighted by Gasteiger charge is 2.43. The van der Waals surface area contributed by atoms with Gasteiger partial charge >= 0.3 is 0 Å². The molecule has 96 valence electrons. The number of amides is 3. The van der Waals surface area contributed by atoms with E-state index in [9.17, 15) is 14.4 Å². The first-order valence-electron chi connectivity index (χ1n) is 5.32. The Morgan fingerprint density at radius 1 is 1.53 bits per heavy atom. The second-order valence-electron chi connectivity index (χ2n) is 4.26. The number of nitrogens with zero attached hydrogens (tertiary/aromatic N) is 1. The van der Waals surface area contributed by atoms with E-state index in [-0.39, 0.29) is 19.8 Å². The summed E-state index contributed by atoms with van der Waals surface area (Å²) in [6.45, 7) is 3.42. The van der Waals surface area contributed by atoms with Crippen LogP contribution in [0.2, 0.25) is 0 Å². The van der Waals surface area contributed by atoms with Gasteiger partial charge in [0.1, 0.15) is 18.7 Å². The molecule has 0 aromatic rings. The number of nitrogens with one attached hydrogen (secondary N) is 1. The van der Waals surface area contributed by atoms with E-state index in [2.05, 4.69) is 5.32 Å². The second kappa shape index (κ2) is 5.24. The smallest absolute Gasteiger partial charge is 0.252 e. The number of carbonyl (C=O) groups is 3. The minimum Gasteiger partial charge on any atom is -0.370 e. The first-order valence-corrected chi connectivity index (χ1v) is 5.32. The van der Waals surface area contributed by atoms with Crippen molar-refractivity contribution in [2.45, 2.75) is 19.4 Å². The summed E-state index contributed by atoms with van der Waals surface area (Å²) in [4.78, 5) is 35.8. The van der Waals surface area contributed by atoms with Crippen molar-refractivity contribution in [1.82, 2.24) is 10.2 Å². The van der Waals surface area contributed by atoms with Gasteiger partial charge in [-0.25, -0.2) is 0 Å². The lowest BCUT2D eigenvalue weighted by molar-refractivity contribution is -0.157. The van der Waals surface area contributed by atoms with Crippen LogP contribution in [0.4, 0.5) is 0 Å². The normalized spacial score (nSPS) is 19.1. The summed E-state index contributed by atoms with van der Waals surface area (Å²) in [5, 5.41) is 2.19. The summed E-state index contributed by atoms with van der Waals surface area (Å²) in [7, 11) is 0. The summed E-state index contributed by atoms with van der Waals surface area (Å²) < 4.78 is 5.00. The van der Waals surface area contributed by atoms with E-state index in [1.807, 2.05) is 0 Å². The van der Waals surface area contributed by atoms with E-state index in [1.54, 1.807) is 13.8 Å². The van der Waals surface area contributed by atoms with Gasteiger partial charge in [-0.1, -0.05) is 0 Å².